The minimum atomic E-state index is -0.0349. The predicted molar refractivity (Wildman–Crippen MR) is 72.4 cm³/mol. The van der Waals surface area contributed by atoms with Gasteiger partial charge in [-0.1, -0.05) is 19.8 Å². The van der Waals surface area contributed by atoms with Crippen LogP contribution in [0, 0.1) is 6.92 Å². The van der Waals surface area contributed by atoms with Crippen molar-refractivity contribution in [3.05, 3.63) is 23.7 Å². The van der Waals surface area contributed by atoms with Crippen molar-refractivity contribution in [2.75, 3.05) is 0 Å². The zero-order valence-electron chi connectivity index (χ0n) is 11.0. The van der Waals surface area contributed by atoms with Crippen LogP contribution >= 0.6 is 0 Å². The fourth-order valence-corrected chi connectivity index (χ4v) is 2.91. The fraction of sp³-hybridized carbons (Fsp3) is 0.571. The van der Waals surface area contributed by atoms with Gasteiger partial charge < -0.3 is 10.7 Å². The van der Waals surface area contributed by atoms with E-state index in [0.717, 1.165) is 35.5 Å². The van der Waals surface area contributed by atoms with E-state index < -0.39 is 0 Å². The van der Waals surface area contributed by atoms with E-state index in [-0.39, 0.29) is 11.5 Å². The predicted octanol–water partition coefficient (Wildman–Crippen LogP) is 2.43. The number of H-pyrrole nitrogens is 1. The van der Waals surface area contributed by atoms with Gasteiger partial charge >= 0.3 is 0 Å². The fourth-order valence-electron chi connectivity index (χ4n) is 2.91. The van der Waals surface area contributed by atoms with Gasteiger partial charge in [0.05, 0.1) is 5.52 Å². The molecule has 4 heteroatoms. The Kier molecular flexibility index (Phi) is 2.63. The highest BCUT2D eigenvalue weighted by atomic mass is 15.0. The van der Waals surface area contributed by atoms with Crippen molar-refractivity contribution in [2.24, 2.45) is 5.73 Å². The first-order valence-electron chi connectivity index (χ1n) is 6.69. The van der Waals surface area contributed by atoms with E-state index in [1.165, 1.54) is 12.8 Å². The number of fused-ring (bicyclic) bond motifs is 1. The Morgan fingerprint density at radius 3 is 2.94 bits per heavy atom. The summed E-state index contributed by atoms with van der Waals surface area (Å²) in [6, 6.07) is 4.24. The first-order valence-corrected chi connectivity index (χ1v) is 6.69. The van der Waals surface area contributed by atoms with Gasteiger partial charge in [-0.05, 0) is 31.9 Å². The zero-order valence-corrected chi connectivity index (χ0v) is 11.0. The van der Waals surface area contributed by atoms with Gasteiger partial charge in [-0.25, -0.2) is 9.97 Å². The van der Waals surface area contributed by atoms with Crippen molar-refractivity contribution in [1.82, 2.24) is 15.0 Å². The lowest BCUT2D eigenvalue weighted by molar-refractivity contribution is 0.260. The van der Waals surface area contributed by atoms with Crippen molar-refractivity contribution in [2.45, 2.75) is 51.0 Å². The van der Waals surface area contributed by atoms with Crippen LogP contribution < -0.4 is 5.73 Å². The highest BCUT2D eigenvalue weighted by Gasteiger charge is 2.38. The van der Waals surface area contributed by atoms with Crippen LogP contribution in [-0.2, 0) is 5.41 Å². The Hall–Kier alpha value is -1.42. The number of nitrogens with one attached hydrogen (secondary N) is 1. The van der Waals surface area contributed by atoms with Gasteiger partial charge in [0.1, 0.15) is 5.82 Å². The van der Waals surface area contributed by atoms with E-state index >= 15 is 0 Å². The Morgan fingerprint density at radius 1 is 1.33 bits per heavy atom. The van der Waals surface area contributed by atoms with Crippen molar-refractivity contribution in [1.29, 1.82) is 0 Å². The molecule has 3 rings (SSSR count). The average Bonchev–Trinajstić information content (AvgIpc) is 2.76. The molecule has 0 aromatic carbocycles. The molecule has 96 valence electrons. The van der Waals surface area contributed by atoms with Gasteiger partial charge in [0.2, 0.25) is 0 Å². The maximum atomic E-state index is 6.32. The number of aromatic amines is 1. The second-order valence-electron chi connectivity index (χ2n) is 5.68. The standard InChI is InChI=1S/C14H20N4/c1-9-6-7-10-12(16-9)18-13(17-10)14(2)8-4-3-5-11(14)15/h6-7,11H,3-5,8,15H2,1-2H3,(H,16,17,18). The number of hydrogen-bond acceptors (Lipinski definition) is 3. The van der Waals surface area contributed by atoms with E-state index in [1.54, 1.807) is 0 Å². The molecule has 1 saturated carbocycles. The summed E-state index contributed by atoms with van der Waals surface area (Å²) in [5.41, 5.74) is 9.10. The third-order valence-electron chi connectivity index (χ3n) is 4.31. The third kappa shape index (κ3) is 1.72. The Morgan fingerprint density at radius 2 is 2.17 bits per heavy atom. The monoisotopic (exact) mass is 244 g/mol. The first-order chi connectivity index (χ1) is 8.59. The van der Waals surface area contributed by atoms with Crippen molar-refractivity contribution in [3.63, 3.8) is 0 Å². The number of pyridine rings is 1. The molecular formula is C14H20N4. The van der Waals surface area contributed by atoms with Crippen LogP contribution in [0.3, 0.4) is 0 Å². The summed E-state index contributed by atoms with van der Waals surface area (Å²) in [6.45, 7) is 4.21. The van der Waals surface area contributed by atoms with Gasteiger partial charge in [0, 0.05) is 17.2 Å². The number of nitrogens with two attached hydrogens (primary N) is 1. The quantitative estimate of drug-likeness (QED) is 0.809. The van der Waals surface area contributed by atoms with Crippen LogP contribution in [0.5, 0.6) is 0 Å². The second kappa shape index (κ2) is 4.05. The lowest BCUT2D eigenvalue weighted by Crippen LogP contribution is -2.46. The van der Waals surface area contributed by atoms with Crippen LogP contribution in [0.15, 0.2) is 12.1 Å². The van der Waals surface area contributed by atoms with Gasteiger partial charge in [-0.15, -0.1) is 0 Å². The number of hydrogen-bond donors (Lipinski definition) is 2. The summed E-state index contributed by atoms with van der Waals surface area (Å²) < 4.78 is 0. The maximum absolute atomic E-state index is 6.32. The zero-order chi connectivity index (χ0) is 12.8. The minimum absolute atomic E-state index is 0.0349. The molecule has 2 heterocycles. The van der Waals surface area contributed by atoms with Crippen LogP contribution in [-0.4, -0.2) is 21.0 Å². The Balaban J connectivity index is 2.07. The minimum Gasteiger partial charge on any atom is -0.340 e. The van der Waals surface area contributed by atoms with Crippen molar-refractivity contribution in [3.8, 4) is 0 Å². The van der Waals surface area contributed by atoms with E-state index in [1.807, 2.05) is 19.1 Å². The molecule has 1 fully saturated rings. The van der Waals surface area contributed by atoms with Crippen molar-refractivity contribution < 1.29 is 0 Å². The summed E-state index contributed by atoms with van der Waals surface area (Å²) in [6.07, 6.45) is 4.65. The maximum Gasteiger partial charge on any atom is 0.177 e. The van der Waals surface area contributed by atoms with Crippen molar-refractivity contribution >= 4 is 11.2 Å². The molecule has 0 aliphatic heterocycles. The number of aryl methyl sites for hydroxylation is 1. The largest absolute Gasteiger partial charge is 0.340 e. The molecule has 0 spiro atoms. The van der Waals surface area contributed by atoms with E-state index in [9.17, 15) is 0 Å². The summed E-state index contributed by atoms with van der Waals surface area (Å²) in [4.78, 5) is 12.5. The van der Waals surface area contributed by atoms with E-state index in [0.29, 0.717) is 0 Å². The second-order valence-corrected chi connectivity index (χ2v) is 5.68. The molecule has 2 aromatic rings. The third-order valence-corrected chi connectivity index (χ3v) is 4.31. The number of nitrogens with zero attached hydrogens (tertiary/aromatic N) is 2. The smallest absolute Gasteiger partial charge is 0.177 e. The first kappa shape index (κ1) is 11.7. The molecule has 1 aliphatic carbocycles. The topological polar surface area (TPSA) is 67.6 Å². The van der Waals surface area contributed by atoms with Gasteiger partial charge in [-0.3, -0.25) is 0 Å². The Bertz CT molecular complexity index is 574. The molecule has 0 amide bonds. The number of aromatic nitrogens is 3. The lowest BCUT2D eigenvalue weighted by atomic mass is 9.71. The number of rotatable bonds is 1. The summed E-state index contributed by atoms with van der Waals surface area (Å²) in [5, 5.41) is 0. The van der Waals surface area contributed by atoms with Gasteiger partial charge in [0.25, 0.3) is 0 Å². The summed E-state index contributed by atoms with van der Waals surface area (Å²) in [7, 11) is 0. The molecule has 0 bridgehead atoms. The molecule has 2 aromatic heterocycles. The van der Waals surface area contributed by atoms with Crippen LogP contribution in [0.1, 0.15) is 44.1 Å². The molecule has 1 aliphatic rings. The molecule has 0 saturated heterocycles. The van der Waals surface area contributed by atoms with E-state index in [2.05, 4.69) is 21.9 Å². The number of imidazole rings is 1. The molecule has 18 heavy (non-hydrogen) atoms. The van der Waals surface area contributed by atoms with Crippen LogP contribution in [0.25, 0.3) is 11.2 Å². The summed E-state index contributed by atoms with van der Waals surface area (Å²) >= 11 is 0. The lowest BCUT2D eigenvalue weighted by Gasteiger charge is -2.37. The van der Waals surface area contributed by atoms with Gasteiger partial charge in [-0.2, -0.15) is 0 Å². The molecule has 2 unspecified atom stereocenters. The SMILES string of the molecule is Cc1ccc2[nH]c(C3(C)CCCCC3N)nc2n1. The Labute approximate surface area is 107 Å². The molecular weight excluding hydrogens is 224 g/mol. The highest BCUT2D eigenvalue weighted by Crippen LogP contribution is 2.37. The summed E-state index contributed by atoms with van der Waals surface area (Å²) in [5.74, 6) is 1.00. The molecule has 3 N–H and O–H groups in total. The van der Waals surface area contributed by atoms with E-state index in [4.69, 9.17) is 5.73 Å². The van der Waals surface area contributed by atoms with Crippen LogP contribution in [0.2, 0.25) is 0 Å². The van der Waals surface area contributed by atoms with Gasteiger partial charge in [0.15, 0.2) is 5.65 Å². The molecule has 2 atom stereocenters. The van der Waals surface area contributed by atoms with Crippen LogP contribution in [0.4, 0.5) is 0 Å². The average molecular weight is 244 g/mol. The molecule has 4 nitrogen and oxygen atoms in total. The normalized spacial score (nSPS) is 28.7. The highest BCUT2D eigenvalue weighted by molar-refractivity contribution is 5.70. The molecule has 0 radical (unpaired) electrons.